The van der Waals surface area contributed by atoms with Gasteiger partial charge in [-0.1, -0.05) is 42.5 Å². The van der Waals surface area contributed by atoms with E-state index in [2.05, 4.69) is 11.6 Å². The maximum absolute atomic E-state index is 11.5. The number of rotatable bonds is 3. The van der Waals surface area contributed by atoms with Crippen LogP contribution in [0.4, 0.5) is 0 Å². The zero-order valence-electron chi connectivity index (χ0n) is 11.7. The van der Waals surface area contributed by atoms with Gasteiger partial charge >= 0.3 is 0 Å². The lowest BCUT2D eigenvalue weighted by atomic mass is 9.97. The molecule has 5 heteroatoms. The predicted molar refractivity (Wildman–Crippen MR) is 79.8 cm³/mol. The first-order valence-corrected chi connectivity index (χ1v) is 6.41. The normalized spacial score (nSPS) is 19.5. The Morgan fingerprint density at radius 3 is 2.67 bits per heavy atom. The van der Waals surface area contributed by atoms with Gasteiger partial charge in [-0.05, 0) is 18.9 Å². The third-order valence-corrected chi connectivity index (χ3v) is 3.10. The minimum atomic E-state index is -0.746. The van der Waals surface area contributed by atoms with E-state index in [0.29, 0.717) is 17.1 Å². The van der Waals surface area contributed by atoms with Crippen molar-refractivity contribution in [3.63, 3.8) is 0 Å². The van der Waals surface area contributed by atoms with E-state index in [1.54, 1.807) is 0 Å². The van der Waals surface area contributed by atoms with Gasteiger partial charge in [0.15, 0.2) is 5.84 Å². The molecular weight excluding hydrogens is 268 g/mol. The number of allylic oxidation sites excluding steroid dienone is 1. The molecule has 2 rings (SSSR count). The fraction of sp³-hybridized carbons (Fsp3) is 0.125. The monoisotopic (exact) mass is 284 g/mol. The minimum absolute atomic E-state index is 0.0246. The third-order valence-electron chi connectivity index (χ3n) is 3.10. The summed E-state index contributed by atoms with van der Waals surface area (Å²) in [6.07, 6.45) is 2.73. The number of aliphatic hydroxyl groups is 1. The van der Waals surface area contributed by atoms with Crippen LogP contribution in [0.1, 0.15) is 12.5 Å². The third kappa shape index (κ3) is 3.09. The summed E-state index contributed by atoms with van der Waals surface area (Å²) >= 11 is 0. The number of hydroxylamine groups is 2. The molecule has 1 aliphatic rings. The molecule has 21 heavy (non-hydrogen) atoms. The fourth-order valence-electron chi connectivity index (χ4n) is 2.18. The van der Waals surface area contributed by atoms with Gasteiger partial charge in [0.2, 0.25) is 0 Å². The Morgan fingerprint density at radius 2 is 2.05 bits per heavy atom. The standard InChI is InChI=1S/C16H16N2O3/c1-3-17-16-15(13(19)10-14(20)18(16)21)11(2)9-12-7-5-4-6-8-12/h3-8,10,19,21H,1,9H2,2H3/b15-11+,17-16?. The molecule has 0 spiro atoms. The number of carbonyl (C=O) groups is 1. The molecule has 0 aliphatic carbocycles. The summed E-state index contributed by atoms with van der Waals surface area (Å²) in [6.45, 7) is 5.27. The van der Waals surface area contributed by atoms with Gasteiger partial charge in [-0.25, -0.2) is 4.99 Å². The van der Waals surface area contributed by atoms with Crippen molar-refractivity contribution in [2.24, 2.45) is 4.99 Å². The summed E-state index contributed by atoms with van der Waals surface area (Å²) in [5.41, 5.74) is 2.16. The topological polar surface area (TPSA) is 73.1 Å². The van der Waals surface area contributed by atoms with Crippen molar-refractivity contribution in [3.05, 3.63) is 71.7 Å². The molecule has 0 saturated heterocycles. The first kappa shape index (κ1) is 14.7. The first-order valence-electron chi connectivity index (χ1n) is 6.41. The number of hydrogen-bond donors (Lipinski definition) is 2. The van der Waals surface area contributed by atoms with Crippen LogP contribution in [0.25, 0.3) is 0 Å². The van der Waals surface area contributed by atoms with Gasteiger partial charge in [-0.15, -0.1) is 0 Å². The van der Waals surface area contributed by atoms with Crippen LogP contribution in [-0.2, 0) is 11.2 Å². The van der Waals surface area contributed by atoms with E-state index in [1.165, 1.54) is 6.20 Å². The first-order chi connectivity index (χ1) is 10.0. The van der Waals surface area contributed by atoms with Crippen molar-refractivity contribution >= 4 is 11.7 Å². The average molecular weight is 284 g/mol. The van der Waals surface area contributed by atoms with E-state index in [9.17, 15) is 15.1 Å². The van der Waals surface area contributed by atoms with Crippen molar-refractivity contribution in [2.75, 3.05) is 0 Å². The van der Waals surface area contributed by atoms with Gasteiger partial charge in [0, 0.05) is 12.3 Å². The quantitative estimate of drug-likeness (QED) is 0.838. The Kier molecular flexibility index (Phi) is 4.35. The number of carbonyl (C=O) groups excluding carboxylic acids is 1. The zero-order chi connectivity index (χ0) is 15.4. The molecule has 1 amide bonds. The Labute approximate surface area is 122 Å². The molecule has 0 radical (unpaired) electrons. The molecule has 1 aromatic rings. The lowest BCUT2D eigenvalue weighted by molar-refractivity contribution is -0.144. The maximum Gasteiger partial charge on any atom is 0.279 e. The molecule has 2 N–H and O–H groups in total. The van der Waals surface area contributed by atoms with E-state index in [-0.39, 0.29) is 11.6 Å². The summed E-state index contributed by atoms with van der Waals surface area (Å²) in [4.78, 5) is 15.4. The van der Waals surface area contributed by atoms with Gasteiger partial charge in [0.25, 0.3) is 5.91 Å². The van der Waals surface area contributed by atoms with Gasteiger partial charge in [0.05, 0.1) is 5.57 Å². The summed E-state index contributed by atoms with van der Waals surface area (Å²) in [6, 6.07) is 9.68. The Morgan fingerprint density at radius 1 is 1.38 bits per heavy atom. The largest absolute Gasteiger partial charge is 0.507 e. The second kappa shape index (κ2) is 6.19. The molecule has 0 atom stereocenters. The molecule has 0 saturated carbocycles. The van der Waals surface area contributed by atoms with Crippen molar-refractivity contribution in [2.45, 2.75) is 13.3 Å². The maximum atomic E-state index is 11.5. The zero-order valence-corrected chi connectivity index (χ0v) is 11.7. The smallest absolute Gasteiger partial charge is 0.279 e. The van der Waals surface area contributed by atoms with E-state index in [1.807, 2.05) is 37.3 Å². The molecule has 0 fully saturated rings. The SMILES string of the molecule is C=CN=C1/C(=C(\C)Cc2ccccc2)C(O)=CC(=O)N1O. The molecule has 0 bridgehead atoms. The molecule has 0 unspecified atom stereocenters. The molecule has 1 aromatic carbocycles. The molecule has 5 nitrogen and oxygen atoms in total. The van der Waals surface area contributed by atoms with E-state index < -0.39 is 5.91 Å². The van der Waals surface area contributed by atoms with Crippen molar-refractivity contribution in [3.8, 4) is 0 Å². The average Bonchev–Trinajstić information content (AvgIpc) is 2.45. The summed E-state index contributed by atoms with van der Waals surface area (Å²) in [5.74, 6) is -0.980. The highest BCUT2D eigenvalue weighted by Crippen LogP contribution is 2.24. The number of nitrogens with zero attached hydrogens (tertiary/aromatic N) is 2. The van der Waals surface area contributed by atoms with Crippen molar-refractivity contribution in [1.82, 2.24) is 5.06 Å². The number of hydrogen-bond acceptors (Lipinski definition) is 4. The fourth-order valence-corrected chi connectivity index (χ4v) is 2.18. The Balaban J connectivity index is 2.48. The van der Waals surface area contributed by atoms with Crippen molar-refractivity contribution < 1.29 is 15.1 Å². The van der Waals surface area contributed by atoms with Gasteiger partial charge < -0.3 is 5.11 Å². The Bertz CT molecular complexity index is 657. The van der Waals surface area contributed by atoms with Crippen LogP contribution in [0.3, 0.4) is 0 Å². The molecular formula is C16H16N2O3. The van der Waals surface area contributed by atoms with Crippen LogP contribution in [0.15, 0.2) is 71.1 Å². The molecule has 1 aliphatic heterocycles. The second-order valence-electron chi connectivity index (χ2n) is 4.63. The van der Waals surface area contributed by atoms with Crippen molar-refractivity contribution in [1.29, 1.82) is 0 Å². The van der Waals surface area contributed by atoms with Crippen LogP contribution in [-0.4, -0.2) is 27.1 Å². The number of amides is 1. The van der Waals surface area contributed by atoms with Gasteiger partial charge in [-0.2, -0.15) is 5.06 Å². The van der Waals surface area contributed by atoms with Crippen LogP contribution in [0, 0.1) is 0 Å². The minimum Gasteiger partial charge on any atom is -0.507 e. The number of aliphatic imine (C=N–C) groups is 1. The second-order valence-corrected chi connectivity index (χ2v) is 4.63. The summed E-state index contributed by atoms with van der Waals surface area (Å²) in [7, 11) is 0. The van der Waals surface area contributed by atoms with Gasteiger partial charge in [-0.3, -0.25) is 10.0 Å². The van der Waals surface area contributed by atoms with E-state index in [0.717, 1.165) is 17.2 Å². The lowest BCUT2D eigenvalue weighted by Gasteiger charge is -2.24. The highest BCUT2D eigenvalue weighted by atomic mass is 16.5. The van der Waals surface area contributed by atoms with Gasteiger partial charge in [0.1, 0.15) is 5.76 Å². The highest BCUT2D eigenvalue weighted by Gasteiger charge is 2.29. The summed E-state index contributed by atoms with van der Waals surface area (Å²) < 4.78 is 0. The summed E-state index contributed by atoms with van der Waals surface area (Å²) in [5, 5.41) is 20.2. The molecule has 108 valence electrons. The number of amidine groups is 1. The lowest BCUT2D eigenvalue weighted by Crippen LogP contribution is -2.38. The number of aliphatic hydroxyl groups excluding tert-OH is 1. The predicted octanol–water partition coefficient (Wildman–Crippen LogP) is 2.76. The van der Waals surface area contributed by atoms with Crippen LogP contribution >= 0.6 is 0 Å². The van der Waals surface area contributed by atoms with Crippen LogP contribution < -0.4 is 0 Å². The molecule has 0 aromatic heterocycles. The Hall–Kier alpha value is -2.66. The van der Waals surface area contributed by atoms with Crippen LogP contribution in [0.5, 0.6) is 0 Å². The van der Waals surface area contributed by atoms with Crippen LogP contribution in [0.2, 0.25) is 0 Å². The highest BCUT2D eigenvalue weighted by molar-refractivity contribution is 6.15. The number of benzene rings is 1. The molecule has 1 heterocycles. The van der Waals surface area contributed by atoms with E-state index >= 15 is 0 Å². The van der Waals surface area contributed by atoms with E-state index in [4.69, 9.17) is 0 Å².